The summed E-state index contributed by atoms with van der Waals surface area (Å²) in [4.78, 5) is 4.48. The van der Waals surface area contributed by atoms with E-state index in [1.165, 1.54) is 5.56 Å². The third-order valence-electron chi connectivity index (χ3n) is 3.38. The lowest BCUT2D eigenvalue weighted by Gasteiger charge is -2.11. The number of methoxy groups -OCH3 is 2. The van der Waals surface area contributed by atoms with Crippen LogP contribution in [0, 0.1) is 6.92 Å². The highest BCUT2D eigenvalue weighted by molar-refractivity contribution is 5.43. The van der Waals surface area contributed by atoms with Crippen LogP contribution < -0.4 is 14.8 Å². The Morgan fingerprint density at radius 1 is 1.19 bits per heavy atom. The summed E-state index contributed by atoms with van der Waals surface area (Å²) < 4.78 is 12.7. The van der Waals surface area contributed by atoms with Gasteiger partial charge in [0.1, 0.15) is 0 Å². The summed E-state index contributed by atoms with van der Waals surface area (Å²) in [7, 11) is 3.30. The molecule has 1 N–H and O–H groups in total. The number of imidazole rings is 1. The van der Waals surface area contributed by atoms with E-state index in [0.29, 0.717) is 0 Å². The van der Waals surface area contributed by atoms with Gasteiger partial charge in [-0.3, -0.25) is 0 Å². The molecule has 0 saturated carbocycles. The molecule has 0 aliphatic heterocycles. The molecule has 2 rings (SSSR count). The highest BCUT2D eigenvalue weighted by atomic mass is 16.5. The van der Waals surface area contributed by atoms with Gasteiger partial charge < -0.3 is 19.4 Å². The largest absolute Gasteiger partial charge is 0.493 e. The Balaban J connectivity index is 1.97. The Labute approximate surface area is 125 Å². The number of nitrogens with one attached hydrogen (secondary N) is 1. The van der Waals surface area contributed by atoms with Crippen molar-refractivity contribution in [2.75, 3.05) is 26.1 Å². The Morgan fingerprint density at radius 2 is 1.95 bits per heavy atom. The van der Waals surface area contributed by atoms with Gasteiger partial charge in [-0.1, -0.05) is 6.07 Å². The van der Waals surface area contributed by atoms with Crippen LogP contribution in [0.3, 0.4) is 0 Å². The predicted octanol–water partition coefficient (Wildman–Crippen LogP) is 2.88. The van der Waals surface area contributed by atoms with E-state index in [2.05, 4.69) is 34.1 Å². The second-order valence-corrected chi connectivity index (χ2v) is 4.86. The lowest BCUT2D eigenvalue weighted by Crippen LogP contribution is -2.10. The number of benzene rings is 1. The quantitative estimate of drug-likeness (QED) is 0.851. The molecule has 0 aliphatic carbocycles. The van der Waals surface area contributed by atoms with Crippen molar-refractivity contribution >= 4 is 5.95 Å². The van der Waals surface area contributed by atoms with Gasteiger partial charge in [0.15, 0.2) is 11.5 Å². The molecule has 1 heterocycles. The number of hydrogen-bond donors (Lipinski definition) is 1. The van der Waals surface area contributed by atoms with Gasteiger partial charge in [0.25, 0.3) is 0 Å². The Morgan fingerprint density at radius 3 is 2.62 bits per heavy atom. The van der Waals surface area contributed by atoms with Crippen molar-refractivity contribution in [2.24, 2.45) is 0 Å². The molecular formula is C16H23N3O2. The SMILES string of the molecule is CCn1cc(C)nc1NCCc1ccc(OC)c(OC)c1. The van der Waals surface area contributed by atoms with Crippen molar-refractivity contribution in [1.29, 1.82) is 0 Å². The van der Waals surface area contributed by atoms with Gasteiger partial charge in [-0.05, 0) is 38.0 Å². The first-order valence-corrected chi connectivity index (χ1v) is 7.16. The molecule has 0 amide bonds. The second-order valence-electron chi connectivity index (χ2n) is 4.86. The van der Waals surface area contributed by atoms with Gasteiger partial charge in [0, 0.05) is 19.3 Å². The molecule has 2 aromatic rings. The van der Waals surface area contributed by atoms with Crippen molar-refractivity contribution < 1.29 is 9.47 Å². The van der Waals surface area contributed by atoms with Crippen LogP contribution in [0.2, 0.25) is 0 Å². The average Bonchev–Trinajstić information content (AvgIpc) is 2.87. The van der Waals surface area contributed by atoms with E-state index in [1.807, 2.05) is 19.1 Å². The van der Waals surface area contributed by atoms with Crippen LogP contribution >= 0.6 is 0 Å². The van der Waals surface area contributed by atoms with Gasteiger partial charge >= 0.3 is 0 Å². The maximum atomic E-state index is 5.32. The molecule has 0 radical (unpaired) electrons. The third kappa shape index (κ3) is 3.68. The van der Waals surface area contributed by atoms with E-state index in [1.54, 1.807) is 14.2 Å². The fourth-order valence-electron chi connectivity index (χ4n) is 2.28. The molecule has 0 saturated heterocycles. The summed E-state index contributed by atoms with van der Waals surface area (Å²) in [6.07, 6.45) is 2.95. The Kier molecular flexibility index (Phi) is 5.09. The number of aromatic nitrogens is 2. The highest BCUT2D eigenvalue weighted by Gasteiger charge is 2.06. The zero-order valence-electron chi connectivity index (χ0n) is 13.1. The smallest absolute Gasteiger partial charge is 0.203 e. The molecule has 0 unspecified atom stereocenters. The van der Waals surface area contributed by atoms with Crippen LogP contribution in [0.15, 0.2) is 24.4 Å². The van der Waals surface area contributed by atoms with Crippen molar-refractivity contribution in [1.82, 2.24) is 9.55 Å². The van der Waals surface area contributed by atoms with E-state index >= 15 is 0 Å². The predicted molar refractivity (Wildman–Crippen MR) is 84.4 cm³/mol. The maximum absolute atomic E-state index is 5.32. The lowest BCUT2D eigenvalue weighted by atomic mass is 10.1. The van der Waals surface area contributed by atoms with E-state index in [-0.39, 0.29) is 0 Å². The number of rotatable bonds is 7. The van der Waals surface area contributed by atoms with Crippen LogP contribution in [0.4, 0.5) is 5.95 Å². The first-order chi connectivity index (χ1) is 10.2. The minimum absolute atomic E-state index is 0.756. The van der Waals surface area contributed by atoms with Crippen LogP contribution in [0.1, 0.15) is 18.2 Å². The summed E-state index contributed by atoms with van der Waals surface area (Å²) >= 11 is 0. The number of aryl methyl sites for hydroxylation is 2. The molecule has 0 spiro atoms. The van der Waals surface area contributed by atoms with Crippen LogP contribution in [0.5, 0.6) is 11.5 Å². The molecule has 5 nitrogen and oxygen atoms in total. The monoisotopic (exact) mass is 289 g/mol. The molecule has 1 aromatic heterocycles. The minimum atomic E-state index is 0.756. The van der Waals surface area contributed by atoms with E-state index in [0.717, 1.165) is 42.7 Å². The summed E-state index contributed by atoms with van der Waals surface area (Å²) in [5, 5.41) is 3.38. The summed E-state index contributed by atoms with van der Waals surface area (Å²) in [6.45, 7) is 5.86. The summed E-state index contributed by atoms with van der Waals surface area (Å²) in [5.41, 5.74) is 2.23. The molecule has 0 atom stereocenters. The standard InChI is InChI=1S/C16H23N3O2/c1-5-19-11-12(2)18-16(19)17-9-8-13-6-7-14(20-3)15(10-13)21-4/h6-7,10-11H,5,8-9H2,1-4H3,(H,17,18). The number of nitrogens with zero attached hydrogens (tertiary/aromatic N) is 2. The summed E-state index contributed by atoms with van der Waals surface area (Å²) in [6, 6.07) is 6.00. The second kappa shape index (κ2) is 7.02. The highest BCUT2D eigenvalue weighted by Crippen LogP contribution is 2.27. The molecule has 0 aliphatic rings. The van der Waals surface area contributed by atoms with Gasteiger partial charge in [0.2, 0.25) is 5.95 Å². The van der Waals surface area contributed by atoms with Crippen molar-refractivity contribution in [3.63, 3.8) is 0 Å². The zero-order valence-corrected chi connectivity index (χ0v) is 13.1. The Bertz CT molecular complexity index is 593. The summed E-state index contributed by atoms with van der Waals surface area (Å²) in [5.74, 6) is 2.45. The zero-order chi connectivity index (χ0) is 15.2. The first-order valence-electron chi connectivity index (χ1n) is 7.16. The molecule has 0 fully saturated rings. The molecule has 1 aromatic carbocycles. The number of anilines is 1. The van der Waals surface area contributed by atoms with E-state index in [4.69, 9.17) is 9.47 Å². The topological polar surface area (TPSA) is 48.3 Å². The number of hydrogen-bond acceptors (Lipinski definition) is 4. The molecule has 21 heavy (non-hydrogen) atoms. The molecule has 5 heteroatoms. The van der Waals surface area contributed by atoms with Crippen LogP contribution in [0.25, 0.3) is 0 Å². The molecular weight excluding hydrogens is 266 g/mol. The third-order valence-corrected chi connectivity index (χ3v) is 3.38. The van der Waals surface area contributed by atoms with Crippen molar-refractivity contribution in [3.8, 4) is 11.5 Å². The maximum Gasteiger partial charge on any atom is 0.203 e. The van der Waals surface area contributed by atoms with Crippen molar-refractivity contribution in [2.45, 2.75) is 26.8 Å². The van der Waals surface area contributed by atoms with Crippen LogP contribution in [-0.2, 0) is 13.0 Å². The van der Waals surface area contributed by atoms with Gasteiger partial charge in [-0.15, -0.1) is 0 Å². The fourth-order valence-corrected chi connectivity index (χ4v) is 2.28. The van der Waals surface area contributed by atoms with Crippen LogP contribution in [-0.4, -0.2) is 30.3 Å². The fraction of sp³-hybridized carbons (Fsp3) is 0.438. The molecule has 114 valence electrons. The minimum Gasteiger partial charge on any atom is -0.493 e. The number of ether oxygens (including phenoxy) is 2. The van der Waals surface area contributed by atoms with Crippen molar-refractivity contribution in [3.05, 3.63) is 35.7 Å². The van der Waals surface area contributed by atoms with Gasteiger partial charge in [-0.2, -0.15) is 0 Å². The van der Waals surface area contributed by atoms with Gasteiger partial charge in [-0.25, -0.2) is 4.98 Å². The normalized spacial score (nSPS) is 10.5. The molecule has 0 bridgehead atoms. The van der Waals surface area contributed by atoms with Gasteiger partial charge in [0.05, 0.1) is 19.9 Å². The average molecular weight is 289 g/mol. The van der Waals surface area contributed by atoms with E-state index < -0.39 is 0 Å². The van der Waals surface area contributed by atoms with E-state index in [9.17, 15) is 0 Å². The lowest BCUT2D eigenvalue weighted by molar-refractivity contribution is 0.354. The first kappa shape index (κ1) is 15.2. The Hall–Kier alpha value is -2.17.